The fourth-order valence-electron chi connectivity index (χ4n) is 2.16. The van der Waals surface area contributed by atoms with Gasteiger partial charge in [-0.3, -0.25) is 10.1 Å². The molecule has 1 atom stereocenters. The summed E-state index contributed by atoms with van der Waals surface area (Å²) in [6.07, 6.45) is 5.78. The molecule has 2 rings (SSSR count). The monoisotopic (exact) mass is 253 g/mol. The van der Waals surface area contributed by atoms with E-state index in [0.717, 1.165) is 18.1 Å². The Labute approximate surface area is 104 Å². The van der Waals surface area contributed by atoms with Gasteiger partial charge in [0, 0.05) is 24.4 Å². The summed E-state index contributed by atoms with van der Waals surface area (Å²) in [5, 5.41) is 10.5. The van der Waals surface area contributed by atoms with Crippen LogP contribution in [-0.2, 0) is 0 Å². The summed E-state index contributed by atoms with van der Waals surface area (Å²) in [6, 6.07) is 3.78. The highest BCUT2D eigenvalue weighted by Crippen LogP contribution is 2.26. The molecule has 2 heterocycles. The van der Waals surface area contributed by atoms with Crippen LogP contribution in [0.1, 0.15) is 12.8 Å². The lowest BCUT2D eigenvalue weighted by Gasteiger charge is -2.24. The van der Waals surface area contributed by atoms with Crippen LogP contribution in [0.15, 0.2) is 18.3 Å². The quantitative estimate of drug-likeness (QED) is 0.609. The maximum atomic E-state index is 10.5. The molecular formula is C11H15N3O2S. The smallest absolute Gasteiger partial charge is 0.287 e. The van der Waals surface area contributed by atoms with Crippen LogP contribution in [0, 0.1) is 10.1 Å². The predicted octanol–water partition coefficient (Wildman–Crippen LogP) is 2.32. The number of thioether (sulfide) groups is 1. The van der Waals surface area contributed by atoms with Crippen molar-refractivity contribution in [1.82, 2.24) is 4.98 Å². The molecule has 1 saturated heterocycles. The van der Waals surface area contributed by atoms with E-state index in [0.29, 0.717) is 6.04 Å². The molecule has 1 unspecified atom stereocenters. The van der Waals surface area contributed by atoms with Crippen LogP contribution in [0.3, 0.4) is 0 Å². The number of hydrogen-bond acceptors (Lipinski definition) is 5. The van der Waals surface area contributed by atoms with Gasteiger partial charge in [-0.25, -0.2) is 4.98 Å². The van der Waals surface area contributed by atoms with E-state index in [-0.39, 0.29) is 5.69 Å². The van der Waals surface area contributed by atoms with Crippen LogP contribution in [0.2, 0.25) is 0 Å². The standard InChI is InChI=1S/C11H15N3O2S/c1-17-8-10-3-2-6-13(10)11-5-4-9(7-12-11)14(15)16/h4-5,7,10H,2-3,6,8H2,1H3. The maximum Gasteiger partial charge on any atom is 0.287 e. The van der Waals surface area contributed by atoms with E-state index in [2.05, 4.69) is 16.1 Å². The van der Waals surface area contributed by atoms with Gasteiger partial charge < -0.3 is 4.90 Å². The fourth-order valence-corrected chi connectivity index (χ4v) is 2.89. The van der Waals surface area contributed by atoms with Crippen LogP contribution in [-0.4, -0.2) is 34.5 Å². The highest BCUT2D eigenvalue weighted by molar-refractivity contribution is 7.98. The summed E-state index contributed by atoms with van der Waals surface area (Å²) in [5.41, 5.74) is 0.0503. The highest BCUT2D eigenvalue weighted by atomic mass is 32.2. The van der Waals surface area contributed by atoms with Crippen molar-refractivity contribution in [2.45, 2.75) is 18.9 Å². The van der Waals surface area contributed by atoms with Crippen molar-refractivity contribution in [3.05, 3.63) is 28.4 Å². The van der Waals surface area contributed by atoms with E-state index < -0.39 is 4.92 Å². The second-order valence-electron chi connectivity index (χ2n) is 4.08. The largest absolute Gasteiger partial charge is 0.353 e. The number of anilines is 1. The lowest BCUT2D eigenvalue weighted by molar-refractivity contribution is -0.385. The highest BCUT2D eigenvalue weighted by Gasteiger charge is 2.25. The molecule has 1 fully saturated rings. The molecule has 1 aromatic heterocycles. The minimum Gasteiger partial charge on any atom is -0.353 e. The van der Waals surface area contributed by atoms with E-state index in [9.17, 15) is 10.1 Å². The average molecular weight is 253 g/mol. The summed E-state index contributed by atoms with van der Waals surface area (Å²) in [5.74, 6) is 1.94. The molecule has 0 aromatic carbocycles. The van der Waals surface area contributed by atoms with E-state index >= 15 is 0 Å². The summed E-state index contributed by atoms with van der Waals surface area (Å²) in [7, 11) is 0. The lowest BCUT2D eigenvalue weighted by atomic mass is 10.2. The molecule has 1 aliphatic rings. The molecule has 92 valence electrons. The summed E-state index contributed by atoms with van der Waals surface area (Å²) < 4.78 is 0. The molecule has 17 heavy (non-hydrogen) atoms. The molecule has 0 radical (unpaired) electrons. The second-order valence-corrected chi connectivity index (χ2v) is 4.99. The third-order valence-electron chi connectivity index (χ3n) is 2.97. The Morgan fingerprint density at radius 3 is 3.06 bits per heavy atom. The van der Waals surface area contributed by atoms with E-state index in [1.54, 1.807) is 6.07 Å². The Bertz CT molecular complexity index is 396. The number of nitro groups is 1. The Kier molecular flexibility index (Phi) is 3.83. The van der Waals surface area contributed by atoms with Crippen LogP contribution in [0.5, 0.6) is 0 Å². The minimum absolute atomic E-state index is 0.0503. The Hall–Kier alpha value is -1.30. The topological polar surface area (TPSA) is 59.3 Å². The molecule has 0 amide bonds. The van der Waals surface area contributed by atoms with Gasteiger partial charge in [0.1, 0.15) is 12.0 Å². The van der Waals surface area contributed by atoms with Gasteiger partial charge >= 0.3 is 0 Å². The van der Waals surface area contributed by atoms with Gasteiger partial charge in [0.25, 0.3) is 5.69 Å². The molecule has 0 saturated carbocycles. The van der Waals surface area contributed by atoms with Crippen molar-refractivity contribution in [2.24, 2.45) is 0 Å². The normalized spacial score (nSPS) is 19.6. The molecule has 0 spiro atoms. The minimum atomic E-state index is -0.417. The van der Waals surface area contributed by atoms with Crippen LogP contribution in [0.25, 0.3) is 0 Å². The molecule has 1 aromatic rings. The van der Waals surface area contributed by atoms with Gasteiger partial charge in [0.05, 0.1) is 4.92 Å². The van der Waals surface area contributed by atoms with Gasteiger partial charge in [0.2, 0.25) is 0 Å². The third-order valence-corrected chi connectivity index (χ3v) is 3.69. The van der Waals surface area contributed by atoms with Crippen molar-refractivity contribution < 1.29 is 4.92 Å². The summed E-state index contributed by atoms with van der Waals surface area (Å²) in [4.78, 5) is 16.6. The third kappa shape index (κ3) is 2.69. The number of nitrogens with zero attached hydrogens (tertiary/aromatic N) is 3. The molecule has 6 heteroatoms. The number of aromatic nitrogens is 1. The Morgan fingerprint density at radius 1 is 1.65 bits per heavy atom. The van der Waals surface area contributed by atoms with E-state index in [1.165, 1.54) is 25.1 Å². The van der Waals surface area contributed by atoms with Crippen molar-refractivity contribution in [3.63, 3.8) is 0 Å². The zero-order valence-corrected chi connectivity index (χ0v) is 10.5. The number of hydrogen-bond donors (Lipinski definition) is 0. The first-order valence-electron chi connectivity index (χ1n) is 5.58. The fraction of sp³-hybridized carbons (Fsp3) is 0.545. The predicted molar refractivity (Wildman–Crippen MR) is 69.6 cm³/mol. The molecule has 5 nitrogen and oxygen atoms in total. The van der Waals surface area contributed by atoms with Gasteiger partial charge in [-0.1, -0.05) is 0 Å². The number of pyridine rings is 1. The molecule has 0 N–H and O–H groups in total. The van der Waals surface area contributed by atoms with Crippen LogP contribution in [0.4, 0.5) is 11.5 Å². The summed E-state index contributed by atoms with van der Waals surface area (Å²) >= 11 is 1.83. The van der Waals surface area contributed by atoms with E-state index in [4.69, 9.17) is 0 Å². The number of rotatable bonds is 4. The Balaban J connectivity index is 2.13. The van der Waals surface area contributed by atoms with Crippen molar-refractivity contribution in [2.75, 3.05) is 23.5 Å². The SMILES string of the molecule is CSCC1CCCN1c1ccc([N+](=O)[O-])cn1. The van der Waals surface area contributed by atoms with Crippen LogP contribution >= 0.6 is 11.8 Å². The lowest BCUT2D eigenvalue weighted by Crippen LogP contribution is -2.31. The zero-order valence-electron chi connectivity index (χ0n) is 9.70. The molecule has 1 aliphatic heterocycles. The first kappa shape index (κ1) is 12.2. The van der Waals surface area contributed by atoms with Gasteiger partial charge in [-0.05, 0) is 25.2 Å². The summed E-state index contributed by atoms with van der Waals surface area (Å²) in [6.45, 7) is 0.996. The van der Waals surface area contributed by atoms with Gasteiger partial charge in [0.15, 0.2) is 0 Å². The van der Waals surface area contributed by atoms with Gasteiger partial charge in [-0.15, -0.1) is 0 Å². The van der Waals surface area contributed by atoms with Gasteiger partial charge in [-0.2, -0.15) is 11.8 Å². The van der Waals surface area contributed by atoms with E-state index in [1.807, 2.05) is 11.8 Å². The zero-order chi connectivity index (χ0) is 12.3. The second kappa shape index (κ2) is 5.35. The first-order chi connectivity index (χ1) is 8.22. The van der Waals surface area contributed by atoms with Crippen molar-refractivity contribution in [3.8, 4) is 0 Å². The average Bonchev–Trinajstić information content (AvgIpc) is 2.78. The van der Waals surface area contributed by atoms with Crippen molar-refractivity contribution in [1.29, 1.82) is 0 Å². The maximum absolute atomic E-state index is 10.5. The Morgan fingerprint density at radius 2 is 2.47 bits per heavy atom. The molecular weight excluding hydrogens is 238 g/mol. The molecule has 0 bridgehead atoms. The molecule has 0 aliphatic carbocycles. The van der Waals surface area contributed by atoms with Crippen molar-refractivity contribution >= 4 is 23.3 Å². The van der Waals surface area contributed by atoms with Crippen LogP contribution < -0.4 is 4.90 Å². The first-order valence-corrected chi connectivity index (χ1v) is 6.98.